The second kappa shape index (κ2) is 8.02. The van der Waals surface area contributed by atoms with E-state index >= 15 is 0 Å². The van der Waals surface area contributed by atoms with Gasteiger partial charge in [0.05, 0.1) is 0 Å². The predicted octanol–water partition coefficient (Wildman–Crippen LogP) is 6.98. The zero-order chi connectivity index (χ0) is 14.5. The summed E-state index contributed by atoms with van der Waals surface area (Å²) in [5.41, 5.74) is 0. The molecule has 0 N–H and O–H groups in total. The van der Waals surface area contributed by atoms with Crippen LogP contribution in [0.1, 0.15) is 103 Å². The van der Waals surface area contributed by atoms with E-state index in [-0.39, 0.29) is 0 Å². The van der Waals surface area contributed by atoms with Crippen molar-refractivity contribution in [3.63, 3.8) is 0 Å². The van der Waals surface area contributed by atoms with E-state index in [0.717, 1.165) is 29.6 Å². The molecule has 3 rings (SSSR count). The van der Waals surface area contributed by atoms with Gasteiger partial charge in [0.25, 0.3) is 0 Å². The van der Waals surface area contributed by atoms with Crippen molar-refractivity contribution in [3.05, 3.63) is 0 Å². The lowest BCUT2D eigenvalue weighted by molar-refractivity contribution is 0.156. The zero-order valence-corrected chi connectivity index (χ0v) is 14.5. The van der Waals surface area contributed by atoms with Gasteiger partial charge in [0.1, 0.15) is 0 Å². The van der Waals surface area contributed by atoms with Crippen molar-refractivity contribution < 1.29 is 0 Å². The zero-order valence-electron chi connectivity index (χ0n) is 14.5. The van der Waals surface area contributed by atoms with Crippen molar-refractivity contribution >= 4 is 0 Å². The van der Waals surface area contributed by atoms with Gasteiger partial charge in [-0.25, -0.2) is 0 Å². The fourth-order valence-electron chi connectivity index (χ4n) is 5.64. The molecular weight excluding hydrogens is 252 g/mol. The average Bonchev–Trinajstić information content (AvgIpc) is 2.56. The summed E-state index contributed by atoms with van der Waals surface area (Å²) >= 11 is 0. The minimum atomic E-state index is 1.02. The van der Waals surface area contributed by atoms with Crippen molar-refractivity contribution in [2.75, 3.05) is 0 Å². The molecular formula is C21H38. The molecule has 3 aliphatic carbocycles. The average molecular weight is 291 g/mol. The molecule has 0 spiro atoms. The number of rotatable bonds is 4. The molecule has 0 unspecified atom stereocenters. The fraction of sp³-hybridized carbons (Fsp3) is 1.00. The predicted molar refractivity (Wildman–Crippen MR) is 92.4 cm³/mol. The van der Waals surface area contributed by atoms with Gasteiger partial charge in [0.2, 0.25) is 0 Å². The topological polar surface area (TPSA) is 0 Å². The third-order valence-electron chi connectivity index (χ3n) is 7.33. The van der Waals surface area contributed by atoms with Crippen LogP contribution in [0.3, 0.4) is 0 Å². The largest absolute Gasteiger partial charge is 0.0625 e. The molecule has 122 valence electrons. The summed E-state index contributed by atoms with van der Waals surface area (Å²) in [4.78, 5) is 0. The van der Waals surface area contributed by atoms with Crippen LogP contribution in [-0.4, -0.2) is 0 Å². The summed E-state index contributed by atoms with van der Waals surface area (Å²) in [7, 11) is 0. The highest BCUT2D eigenvalue weighted by Gasteiger charge is 2.29. The second-order valence-corrected chi connectivity index (χ2v) is 8.88. The maximum atomic E-state index is 2.45. The monoisotopic (exact) mass is 290 g/mol. The fourth-order valence-corrected chi connectivity index (χ4v) is 5.64. The molecule has 0 aromatic rings. The first kappa shape index (κ1) is 15.9. The van der Waals surface area contributed by atoms with Crippen LogP contribution in [0.15, 0.2) is 0 Å². The van der Waals surface area contributed by atoms with E-state index < -0.39 is 0 Å². The molecule has 0 saturated heterocycles. The Hall–Kier alpha value is 0. The normalized spacial score (nSPS) is 39.3. The minimum Gasteiger partial charge on any atom is -0.0625 e. The highest BCUT2D eigenvalue weighted by Crippen LogP contribution is 2.42. The lowest BCUT2D eigenvalue weighted by Gasteiger charge is -2.36. The molecule has 0 heterocycles. The van der Waals surface area contributed by atoms with Crippen LogP contribution in [0.25, 0.3) is 0 Å². The standard InChI is InChI=1S/C21H38/c1-17-7-9-18(10-8-17)11-12-19-13-15-21(16-14-19)20-5-3-2-4-6-20/h17-21H,2-16H2,1H3. The molecule has 0 atom stereocenters. The highest BCUT2D eigenvalue weighted by atomic mass is 14.3. The molecule has 0 nitrogen and oxygen atoms in total. The van der Waals surface area contributed by atoms with Crippen molar-refractivity contribution in [3.8, 4) is 0 Å². The minimum absolute atomic E-state index is 1.02. The van der Waals surface area contributed by atoms with Crippen LogP contribution in [0.5, 0.6) is 0 Å². The molecule has 0 aromatic carbocycles. The molecule has 0 amide bonds. The number of hydrogen-bond donors (Lipinski definition) is 0. The second-order valence-electron chi connectivity index (χ2n) is 8.88. The van der Waals surface area contributed by atoms with Crippen LogP contribution >= 0.6 is 0 Å². The lowest BCUT2D eigenvalue weighted by atomic mass is 9.69. The molecule has 3 fully saturated rings. The van der Waals surface area contributed by atoms with Gasteiger partial charge in [-0.2, -0.15) is 0 Å². The Morgan fingerprint density at radius 2 is 1.00 bits per heavy atom. The highest BCUT2D eigenvalue weighted by molar-refractivity contribution is 4.80. The third-order valence-corrected chi connectivity index (χ3v) is 7.33. The maximum absolute atomic E-state index is 2.45. The molecule has 0 radical (unpaired) electrons. The van der Waals surface area contributed by atoms with E-state index in [1.807, 2.05) is 0 Å². The molecule has 3 saturated carbocycles. The SMILES string of the molecule is CC1CCC(CCC2CCC(C3CCCCC3)CC2)CC1. The van der Waals surface area contributed by atoms with Crippen molar-refractivity contribution in [2.45, 2.75) is 103 Å². The Labute approximate surface area is 133 Å². The van der Waals surface area contributed by atoms with E-state index in [4.69, 9.17) is 0 Å². The lowest BCUT2D eigenvalue weighted by Crippen LogP contribution is -2.24. The van der Waals surface area contributed by atoms with Gasteiger partial charge in [-0.1, -0.05) is 90.4 Å². The Bertz CT molecular complexity index is 272. The third kappa shape index (κ3) is 4.73. The molecule has 0 bridgehead atoms. The Morgan fingerprint density at radius 3 is 1.57 bits per heavy atom. The first-order valence-electron chi connectivity index (χ1n) is 10.3. The van der Waals surface area contributed by atoms with Crippen molar-refractivity contribution in [2.24, 2.45) is 29.6 Å². The first-order valence-corrected chi connectivity index (χ1v) is 10.3. The summed E-state index contributed by atoms with van der Waals surface area (Å²) in [6.45, 7) is 2.45. The van der Waals surface area contributed by atoms with Crippen LogP contribution in [0.2, 0.25) is 0 Å². The van der Waals surface area contributed by atoms with Gasteiger partial charge < -0.3 is 0 Å². The first-order chi connectivity index (χ1) is 10.3. The Morgan fingerprint density at radius 1 is 0.524 bits per heavy atom. The van der Waals surface area contributed by atoms with Crippen LogP contribution in [-0.2, 0) is 0 Å². The molecule has 0 aromatic heterocycles. The van der Waals surface area contributed by atoms with Crippen LogP contribution < -0.4 is 0 Å². The molecule has 3 aliphatic rings. The quantitative estimate of drug-likeness (QED) is 0.524. The van der Waals surface area contributed by atoms with Crippen LogP contribution in [0.4, 0.5) is 0 Å². The summed E-state index contributed by atoms with van der Waals surface area (Å²) < 4.78 is 0. The van der Waals surface area contributed by atoms with Gasteiger partial charge >= 0.3 is 0 Å². The molecule has 0 aliphatic heterocycles. The summed E-state index contributed by atoms with van der Waals surface area (Å²) in [5, 5.41) is 0. The number of hydrogen-bond acceptors (Lipinski definition) is 0. The van der Waals surface area contributed by atoms with E-state index in [1.165, 1.54) is 32.1 Å². The van der Waals surface area contributed by atoms with Crippen molar-refractivity contribution in [1.29, 1.82) is 0 Å². The molecule has 0 heteroatoms. The Kier molecular flexibility index (Phi) is 6.07. The molecule has 21 heavy (non-hydrogen) atoms. The summed E-state index contributed by atoms with van der Waals surface area (Å²) in [6, 6.07) is 0. The maximum Gasteiger partial charge on any atom is -0.0386 e. The smallest absolute Gasteiger partial charge is 0.0386 e. The summed E-state index contributed by atoms with van der Waals surface area (Å²) in [5.74, 6) is 5.46. The summed E-state index contributed by atoms with van der Waals surface area (Å²) in [6.07, 6.45) is 23.3. The van der Waals surface area contributed by atoms with Gasteiger partial charge in [-0.15, -0.1) is 0 Å². The van der Waals surface area contributed by atoms with Gasteiger partial charge in [-0.05, 0) is 42.4 Å². The van der Waals surface area contributed by atoms with E-state index in [2.05, 4.69) is 6.92 Å². The van der Waals surface area contributed by atoms with E-state index in [0.29, 0.717) is 0 Å². The van der Waals surface area contributed by atoms with Gasteiger partial charge in [0.15, 0.2) is 0 Å². The van der Waals surface area contributed by atoms with E-state index in [1.54, 1.807) is 64.2 Å². The van der Waals surface area contributed by atoms with Gasteiger partial charge in [-0.3, -0.25) is 0 Å². The van der Waals surface area contributed by atoms with Crippen LogP contribution in [0, 0.1) is 29.6 Å². The van der Waals surface area contributed by atoms with Crippen molar-refractivity contribution in [1.82, 2.24) is 0 Å². The van der Waals surface area contributed by atoms with Gasteiger partial charge in [0, 0.05) is 0 Å². The van der Waals surface area contributed by atoms with E-state index in [9.17, 15) is 0 Å². The Balaban J connectivity index is 1.32.